The van der Waals surface area contributed by atoms with Crippen LogP contribution in [0.15, 0.2) is 71.6 Å². The van der Waals surface area contributed by atoms with Gasteiger partial charge in [-0.1, -0.05) is 42.2 Å². The summed E-state index contributed by atoms with van der Waals surface area (Å²) in [6.45, 7) is 3.93. The van der Waals surface area contributed by atoms with Gasteiger partial charge in [-0.2, -0.15) is 0 Å². The van der Waals surface area contributed by atoms with Crippen molar-refractivity contribution in [3.63, 3.8) is 0 Å². The van der Waals surface area contributed by atoms with E-state index >= 15 is 0 Å². The third-order valence-corrected chi connectivity index (χ3v) is 7.06. The Hall–Kier alpha value is -3.62. The summed E-state index contributed by atoms with van der Waals surface area (Å²) in [6.07, 6.45) is 1.81. The lowest BCUT2D eigenvalue weighted by molar-refractivity contribution is -0.118. The first-order chi connectivity index (χ1) is 17.2. The van der Waals surface area contributed by atoms with Crippen molar-refractivity contribution in [2.75, 3.05) is 35.8 Å². The van der Waals surface area contributed by atoms with Crippen LogP contribution in [0.2, 0.25) is 0 Å². The van der Waals surface area contributed by atoms with Gasteiger partial charge in [0.1, 0.15) is 5.75 Å². The van der Waals surface area contributed by atoms with Gasteiger partial charge in [0.2, 0.25) is 0 Å². The zero-order valence-corrected chi connectivity index (χ0v) is 22.2. The van der Waals surface area contributed by atoms with Crippen LogP contribution in [0.25, 0.3) is 6.08 Å². The molecular weight excluding hydrogens is 490 g/mol. The molecule has 1 fully saturated rings. The number of thioether (sulfide) groups is 1. The zero-order chi connectivity index (χ0) is 25.8. The number of anilines is 3. The topological polar surface area (TPSA) is 61.9 Å². The number of hydrogen-bond donors (Lipinski definition) is 1. The first kappa shape index (κ1) is 25.5. The number of thiocarbonyl (C=S) groups is 1. The van der Waals surface area contributed by atoms with Gasteiger partial charge in [-0.05, 0) is 85.1 Å². The van der Waals surface area contributed by atoms with Crippen LogP contribution in [0.5, 0.6) is 5.75 Å². The number of amides is 2. The third-order valence-electron chi connectivity index (χ3n) is 5.76. The van der Waals surface area contributed by atoms with E-state index in [1.165, 1.54) is 17.3 Å². The summed E-state index contributed by atoms with van der Waals surface area (Å²) in [7, 11) is 3.93. The van der Waals surface area contributed by atoms with Crippen molar-refractivity contribution in [3.8, 4) is 5.75 Å². The van der Waals surface area contributed by atoms with Gasteiger partial charge in [-0.15, -0.1) is 0 Å². The highest BCUT2D eigenvalue weighted by Gasteiger charge is 2.33. The quantitative estimate of drug-likeness (QED) is 0.316. The summed E-state index contributed by atoms with van der Waals surface area (Å²) >= 11 is 6.75. The molecule has 0 saturated carbocycles. The van der Waals surface area contributed by atoms with Gasteiger partial charge in [-0.3, -0.25) is 14.5 Å². The van der Waals surface area contributed by atoms with Crippen LogP contribution in [0.3, 0.4) is 0 Å². The third kappa shape index (κ3) is 5.95. The number of ether oxygens (including phenoxy) is 1. The molecule has 3 aromatic rings. The summed E-state index contributed by atoms with van der Waals surface area (Å²) in [5.74, 6) is 0.187. The molecule has 2 amide bonds. The van der Waals surface area contributed by atoms with E-state index < -0.39 is 0 Å². The first-order valence-corrected chi connectivity index (χ1v) is 12.6. The van der Waals surface area contributed by atoms with Crippen LogP contribution in [0, 0.1) is 13.8 Å². The second-order valence-electron chi connectivity index (χ2n) is 8.63. The monoisotopic (exact) mass is 517 g/mol. The summed E-state index contributed by atoms with van der Waals surface area (Å²) in [5.41, 5.74) is 5.66. The number of benzene rings is 3. The molecule has 0 aliphatic carbocycles. The Kier molecular flexibility index (Phi) is 7.76. The molecule has 8 heteroatoms. The molecule has 1 aliphatic rings. The molecule has 3 aromatic carbocycles. The van der Waals surface area contributed by atoms with Crippen LogP contribution in [-0.2, 0) is 9.59 Å². The lowest BCUT2D eigenvalue weighted by Crippen LogP contribution is -2.27. The lowest BCUT2D eigenvalue weighted by atomic mass is 10.1. The molecule has 0 bridgehead atoms. The maximum absolute atomic E-state index is 13.0. The highest BCUT2D eigenvalue weighted by Crippen LogP contribution is 2.36. The standard InChI is InChI=1S/C28H27N3O3S2/c1-18-5-8-21(15-19(18)2)29-26(32)17-34-24-13-6-20(7-14-24)16-25-27(33)31(28(35)36-25)23-11-9-22(10-12-23)30(3)4/h5-16H,17H2,1-4H3,(H,29,32)/b25-16-. The Morgan fingerprint density at radius 1 is 1.03 bits per heavy atom. The van der Waals surface area contributed by atoms with Crippen LogP contribution in [-0.4, -0.2) is 36.8 Å². The molecule has 1 N–H and O–H groups in total. The average molecular weight is 518 g/mol. The van der Waals surface area contributed by atoms with Crippen LogP contribution in [0.4, 0.5) is 17.1 Å². The summed E-state index contributed by atoms with van der Waals surface area (Å²) < 4.78 is 6.12. The van der Waals surface area contributed by atoms with Gasteiger partial charge in [-0.25, -0.2) is 0 Å². The van der Waals surface area contributed by atoms with Crippen molar-refractivity contribution in [3.05, 3.63) is 88.3 Å². The number of aryl methyl sites for hydroxylation is 2. The largest absolute Gasteiger partial charge is 0.484 e. The van der Waals surface area contributed by atoms with Gasteiger partial charge in [0.05, 0.1) is 10.6 Å². The predicted molar refractivity (Wildman–Crippen MR) is 153 cm³/mol. The maximum Gasteiger partial charge on any atom is 0.270 e. The van der Waals surface area contributed by atoms with E-state index in [1.54, 1.807) is 17.0 Å². The maximum atomic E-state index is 13.0. The minimum atomic E-state index is -0.232. The van der Waals surface area contributed by atoms with E-state index in [1.807, 2.05) is 93.5 Å². The first-order valence-electron chi connectivity index (χ1n) is 11.4. The van der Waals surface area contributed by atoms with E-state index in [0.29, 0.717) is 15.0 Å². The molecule has 6 nitrogen and oxygen atoms in total. The van der Waals surface area contributed by atoms with Gasteiger partial charge >= 0.3 is 0 Å². The van der Waals surface area contributed by atoms with E-state index in [9.17, 15) is 9.59 Å². The van der Waals surface area contributed by atoms with Gasteiger partial charge < -0.3 is 15.0 Å². The molecule has 1 aliphatic heterocycles. The fraction of sp³-hybridized carbons (Fsp3) is 0.179. The Balaban J connectivity index is 1.36. The molecule has 4 rings (SSSR count). The van der Waals surface area contributed by atoms with Gasteiger partial charge in [0.15, 0.2) is 10.9 Å². The molecular formula is C28H27N3O3S2. The van der Waals surface area contributed by atoms with E-state index in [4.69, 9.17) is 17.0 Å². The van der Waals surface area contributed by atoms with Gasteiger partial charge in [0, 0.05) is 25.5 Å². The fourth-order valence-corrected chi connectivity index (χ4v) is 4.87. The van der Waals surface area contributed by atoms with Crippen LogP contribution >= 0.6 is 24.0 Å². The Bertz CT molecular complexity index is 1330. The predicted octanol–water partition coefficient (Wildman–Crippen LogP) is 5.79. The summed E-state index contributed by atoms with van der Waals surface area (Å²) in [4.78, 5) is 29.4. The number of carbonyl (C=O) groups is 2. The molecule has 0 radical (unpaired) electrons. The van der Waals surface area contributed by atoms with Crippen molar-refractivity contribution in [1.29, 1.82) is 0 Å². The minimum absolute atomic E-state index is 0.0997. The van der Waals surface area contributed by atoms with Gasteiger partial charge in [0.25, 0.3) is 11.8 Å². The second kappa shape index (κ2) is 11.0. The number of nitrogens with one attached hydrogen (secondary N) is 1. The smallest absolute Gasteiger partial charge is 0.270 e. The van der Waals surface area contributed by atoms with Crippen molar-refractivity contribution in [2.24, 2.45) is 0 Å². The Morgan fingerprint density at radius 3 is 2.36 bits per heavy atom. The molecule has 0 spiro atoms. The fourth-order valence-electron chi connectivity index (χ4n) is 3.57. The average Bonchev–Trinajstić information content (AvgIpc) is 3.13. The molecule has 0 unspecified atom stereocenters. The Labute approximate surface area is 220 Å². The molecule has 0 aromatic heterocycles. The van der Waals surface area contributed by atoms with E-state index in [0.717, 1.165) is 28.2 Å². The number of carbonyl (C=O) groups excluding carboxylic acids is 2. The summed E-state index contributed by atoms with van der Waals surface area (Å²) in [6, 6.07) is 20.7. The lowest BCUT2D eigenvalue weighted by Gasteiger charge is -2.17. The van der Waals surface area contributed by atoms with E-state index in [2.05, 4.69) is 5.32 Å². The van der Waals surface area contributed by atoms with Crippen molar-refractivity contribution < 1.29 is 14.3 Å². The van der Waals surface area contributed by atoms with Crippen molar-refractivity contribution >= 4 is 63.3 Å². The molecule has 0 atom stereocenters. The van der Waals surface area contributed by atoms with E-state index in [-0.39, 0.29) is 18.4 Å². The number of rotatable bonds is 7. The molecule has 1 heterocycles. The second-order valence-corrected chi connectivity index (χ2v) is 10.3. The van der Waals surface area contributed by atoms with Crippen molar-refractivity contribution in [2.45, 2.75) is 13.8 Å². The molecule has 184 valence electrons. The highest BCUT2D eigenvalue weighted by molar-refractivity contribution is 8.27. The zero-order valence-electron chi connectivity index (χ0n) is 20.6. The number of nitrogens with zero attached hydrogens (tertiary/aromatic N) is 2. The summed E-state index contributed by atoms with van der Waals surface area (Å²) in [5, 5.41) is 2.84. The number of hydrogen-bond acceptors (Lipinski definition) is 6. The normalized spacial score (nSPS) is 14.3. The Morgan fingerprint density at radius 2 is 1.72 bits per heavy atom. The minimum Gasteiger partial charge on any atom is -0.484 e. The SMILES string of the molecule is Cc1ccc(NC(=O)COc2ccc(/C=C3\SC(=S)N(c4ccc(N(C)C)cc4)C3=O)cc2)cc1C. The van der Waals surface area contributed by atoms with Crippen LogP contribution in [0.1, 0.15) is 16.7 Å². The molecule has 36 heavy (non-hydrogen) atoms. The van der Waals surface area contributed by atoms with Crippen molar-refractivity contribution in [1.82, 2.24) is 0 Å². The molecule has 1 saturated heterocycles. The van der Waals surface area contributed by atoms with Crippen LogP contribution < -0.4 is 19.9 Å². The highest BCUT2D eigenvalue weighted by atomic mass is 32.2.